The van der Waals surface area contributed by atoms with Crippen LogP contribution in [0.15, 0.2) is 24.3 Å². The fourth-order valence-electron chi connectivity index (χ4n) is 1.32. The van der Waals surface area contributed by atoms with Crippen molar-refractivity contribution in [3.8, 4) is 0 Å². The van der Waals surface area contributed by atoms with Crippen LogP contribution < -0.4 is 5.46 Å². The quantitative estimate of drug-likeness (QED) is 0.530. The van der Waals surface area contributed by atoms with Crippen LogP contribution in [-0.2, 0) is 16.1 Å². The fraction of sp³-hybridized carbons (Fsp3) is 0.500. The van der Waals surface area contributed by atoms with Gasteiger partial charge in [-0.25, -0.2) is 0 Å². The molecule has 0 radical (unpaired) electrons. The lowest BCUT2D eigenvalue weighted by Crippen LogP contribution is -2.29. The molecule has 0 saturated heterocycles. The lowest BCUT2D eigenvalue weighted by atomic mass is 9.80. The Hall–Kier alpha value is -0.875. The first kappa shape index (κ1) is 14.2. The maximum absolute atomic E-state index is 8.92. The van der Waals surface area contributed by atoms with E-state index in [0.717, 1.165) is 5.56 Å². The van der Waals surface area contributed by atoms with Crippen molar-refractivity contribution >= 4 is 12.6 Å². The van der Waals surface area contributed by atoms with Crippen molar-refractivity contribution in [3.05, 3.63) is 29.8 Å². The summed E-state index contributed by atoms with van der Waals surface area (Å²) in [5.74, 6) is 0. The molecule has 0 aliphatic carbocycles. The third-order valence-corrected chi connectivity index (χ3v) is 2.23. The van der Waals surface area contributed by atoms with Crippen molar-refractivity contribution in [2.45, 2.75) is 26.6 Å². The van der Waals surface area contributed by atoms with Gasteiger partial charge in [0.05, 0.1) is 25.9 Å². The van der Waals surface area contributed by atoms with Gasteiger partial charge in [0.15, 0.2) is 0 Å². The maximum atomic E-state index is 8.92. The van der Waals surface area contributed by atoms with Crippen molar-refractivity contribution in [1.82, 2.24) is 0 Å². The van der Waals surface area contributed by atoms with Gasteiger partial charge in [-0.05, 0) is 24.9 Å². The van der Waals surface area contributed by atoms with Crippen molar-refractivity contribution in [2.24, 2.45) is 0 Å². The van der Waals surface area contributed by atoms with Gasteiger partial charge in [-0.2, -0.15) is 0 Å². The summed E-state index contributed by atoms with van der Waals surface area (Å²) in [7, 11) is -1.41. The Morgan fingerprint density at radius 3 is 2.29 bits per heavy atom. The summed E-state index contributed by atoms with van der Waals surface area (Å²) in [6.07, 6.45) is 0.226. The van der Waals surface area contributed by atoms with Gasteiger partial charge in [-0.3, -0.25) is 0 Å². The zero-order chi connectivity index (χ0) is 12.7. The van der Waals surface area contributed by atoms with Crippen molar-refractivity contribution in [1.29, 1.82) is 0 Å². The van der Waals surface area contributed by atoms with Crippen LogP contribution in [0.4, 0.5) is 0 Å². The molecule has 0 aromatic heterocycles. The summed E-state index contributed by atoms with van der Waals surface area (Å²) in [5.41, 5.74) is 1.48. The summed E-state index contributed by atoms with van der Waals surface area (Å²) in [5, 5.41) is 17.8. The monoisotopic (exact) mass is 238 g/mol. The molecular formula is C12H19BO4. The van der Waals surface area contributed by atoms with Crippen LogP contribution in [0.3, 0.4) is 0 Å². The molecular weight excluding hydrogens is 219 g/mol. The van der Waals surface area contributed by atoms with E-state index in [0.29, 0.717) is 25.3 Å². The van der Waals surface area contributed by atoms with E-state index in [1.165, 1.54) is 0 Å². The second kappa shape index (κ2) is 7.45. The Morgan fingerprint density at radius 2 is 1.76 bits per heavy atom. The Balaban J connectivity index is 2.23. The summed E-state index contributed by atoms with van der Waals surface area (Å²) >= 11 is 0. The van der Waals surface area contributed by atoms with Crippen LogP contribution in [0.1, 0.15) is 19.4 Å². The van der Waals surface area contributed by atoms with Gasteiger partial charge >= 0.3 is 7.12 Å². The van der Waals surface area contributed by atoms with Gasteiger partial charge in [0, 0.05) is 0 Å². The fourth-order valence-corrected chi connectivity index (χ4v) is 1.32. The van der Waals surface area contributed by atoms with E-state index < -0.39 is 7.12 Å². The molecule has 1 rings (SSSR count). The smallest absolute Gasteiger partial charge is 0.423 e. The molecule has 0 fully saturated rings. The van der Waals surface area contributed by atoms with E-state index in [2.05, 4.69) is 0 Å². The summed E-state index contributed by atoms with van der Waals surface area (Å²) in [6, 6.07) is 6.98. The van der Waals surface area contributed by atoms with Gasteiger partial charge in [0.25, 0.3) is 0 Å². The molecule has 0 aliphatic heterocycles. The van der Waals surface area contributed by atoms with Gasteiger partial charge in [-0.1, -0.05) is 24.3 Å². The Labute approximate surface area is 102 Å². The van der Waals surface area contributed by atoms with Gasteiger partial charge in [-0.15, -0.1) is 0 Å². The highest BCUT2D eigenvalue weighted by molar-refractivity contribution is 6.58. The van der Waals surface area contributed by atoms with E-state index in [4.69, 9.17) is 19.5 Å². The first-order valence-corrected chi connectivity index (χ1v) is 5.74. The predicted octanol–water partition coefficient (Wildman–Crippen LogP) is 0.308. The van der Waals surface area contributed by atoms with E-state index in [1.807, 2.05) is 26.0 Å². The van der Waals surface area contributed by atoms with Crippen LogP contribution in [0.5, 0.6) is 0 Å². The standard InChI is InChI=1S/C12H19BO4/c1-10(2)17-8-7-16-9-11-3-5-12(6-4-11)13(14)15/h3-6,10,14-15H,7-9H2,1-2H3. The lowest BCUT2D eigenvalue weighted by molar-refractivity contribution is 0.0143. The normalized spacial score (nSPS) is 10.9. The van der Waals surface area contributed by atoms with Crippen LogP contribution in [-0.4, -0.2) is 36.5 Å². The Bertz CT molecular complexity index is 311. The van der Waals surface area contributed by atoms with Crippen LogP contribution in [0, 0.1) is 0 Å². The predicted molar refractivity (Wildman–Crippen MR) is 67.0 cm³/mol. The average Bonchev–Trinajstić information content (AvgIpc) is 2.29. The zero-order valence-electron chi connectivity index (χ0n) is 10.3. The number of benzene rings is 1. The molecule has 1 aromatic carbocycles. The van der Waals surface area contributed by atoms with Crippen molar-refractivity contribution < 1.29 is 19.5 Å². The Morgan fingerprint density at radius 1 is 1.12 bits per heavy atom. The first-order chi connectivity index (χ1) is 8.09. The van der Waals surface area contributed by atoms with Gasteiger partial charge in [0.2, 0.25) is 0 Å². The average molecular weight is 238 g/mol. The second-order valence-electron chi connectivity index (χ2n) is 4.09. The van der Waals surface area contributed by atoms with Crippen molar-refractivity contribution in [2.75, 3.05) is 13.2 Å². The highest BCUT2D eigenvalue weighted by atomic mass is 16.5. The number of ether oxygens (including phenoxy) is 2. The number of hydrogen-bond acceptors (Lipinski definition) is 4. The molecule has 0 aliphatic rings. The molecule has 0 bridgehead atoms. The molecule has 0 saturated carbocycles. The minimum Gasteiger partial charge on any atom is -0.423 e. The maximum Gasteiger partial charge on any atom is 0.488 e. The summed E-state index contributed by atoms with van der Waals surface area (Å²) in [6.45, 7) is 5.62. The topological polar surface area (TPSA) is 58.9 Å². The SMILES string of the molecule is CC(C)OCCOCc1ccc(B(O)O)cc1. The molecule has 1 aromatic rings. The lowest BCUT2D eigenvalue weighted by Gasteiger charge is -2.08. The van der Waals surface area contributed by atoms with E-state index in [9.17, 15) is 0 Å². The zero-order valence-corrected chi connectivity index (χ0v) is 10.3. The van der Waals surface area contributed by atoms with Crippen LogP contribution >= 0.6 is 0 Å². The molecule has 0 amide bonds. The first-order valence-electron chi connectivity index (χ1n) is 5.74. The second-order valence-corrected chi connectivity index (χ2v) is 4.09. The summed E-state index contributed by atoms with van der Waals surface area (Å²) < 4.78 is 10.8. The third kappa shape index (κ3) is 5.84. The molecule has 0 spiro atoms. The molecule has 94 valence electrons. The molecule has 4 nitrogen and oxygen atoms in total. The Kier molecular flexibility index (Phi) is 6.22. The largest absolute Gasteiger partial charge is 0.488 e. The molecule has 0 atom stereocenters. The van der Waals surface area contributed by atoms with E-state index in [1.54, 1.807) is 12.1 Å². The van der Waals surface area contributed by atoms with E-state index in [-0.39, 0.29) is 6.10 Å². The minimum atomic E-state index is -1.41. The molecule has 2 N–H and O–H groups in total. The summed E-state index contributed by atoms with van der Waals surface area (Å²) in [4.78, 5) is 0. The number of hydrogen-bond donors (Lipinski definition) is 2. The van der Waals surface area contributed by atoms with Gasteiger partial charge < -0.3 is 19.5 Å². The molecule has 5 heteroatoms. The minimum absolute atomic E-state index is 0.226. The van der Waals surface area contributed by atoms with Crippen LogP contribution in [0.2, 0.25) is 0 Å². The molecule has 0 unspecified atom stereocenters. The van der Waals surface area contributed by atoms with Crippen LogP contribution in [0.25, 0.3) is 0 Å². The third-order valence-electron chi connectivity index (χ3n) is 2.23. The van der Waals surface area contributed by atoms with E-state index >= 15 is 0 Å². The van der Waals surface area contributed by atoms with Gasteiger partial charge in [0.1, 0.15) is 0 Å². The highest BCUT2D eigenvalue weighted by Crippen LogP contribution is 2.00. The molecule has 17 heavy (non-hydrogen) atoms. The molecule has 0 heterocycles. The van der Waals surface area contributed by atoms with Crippen molar-refractivity contribution in [3.63, 3.8) is 0 Å². The number of rotatable bonds is 7. The highest BCUT2D eigenvalue weighted by Gasteiger charge is 2.09.